The number of benzene rings is 1. The van der Waals surface area contributed by atoms with Crippen molar-refractivity contribution < 1.29 is 14.6 Å². The van der Waals surface area contributed by atoms with Crippen molar-refractivity contribution in [3.63, 3.8) is 0 Å². The molecule has 1 N–H and O–H groups in total. The molecule has 0 aliphatic heterocycles. The summed E-state index contributed by atoms with van der Waals surface area (Å²) in [4.78, 5) is 12.3. The summed E-state index contributed by atoms with van der Waals surface area (Å²) in [5, 5.41) is 10.6. The number of fused-ring (bicyclic) bond motifs is 5. The van der Waals surface area contributed by atoms with Gasteiger partial charge in [-0.05, 0) is 91.4 Å². The van der Waals surface area contributed by atoms with Crippen LogP contribution in [0.1, 0.15) is 121 Å². The van der Waals surface area contributed by atoms with Gasteiger partial charge in [0.05, 0.1) is 6.10 Å². The van der Waals surface area contributed by atoms with E-state index in [2.05, 4.69) is 26.0 Å². The van der Waals surface area contributed by atoms with Gasteiger partial charge in [0.1, 0.15) is 5.75 Å². The van der Waals surface area contributed by atoms with E-state index in [1.54, 1.807) is 0 Å². The molecule has 0 saturated heterocycles. The summed E-state index contributed by atoms with van der Waals surface area (Å²) in [6.45, 7) is 4.58. The predicted octanol–water partition coefficient (Wildman–Crippen LogP) is 7.34. The number of ether oxygens (including phenoxy) is 1. The first-order chi connectivity index (χ1) is 15.5. The molecule has 0 bridgehead atoms. The molecule has 178 valence electrons. The molecule has 2 saturated carbocycles. The van der Waals surface area contributed by atoms with Gasteiger partial charge >= 0.3 is 5.97 Å². The Balaban J connectivity index is 1.26. The second-order valence-electron chi connectivity index (χ2n) is 11.1. The normalized spacial score (nSPS) is 31.0. The van der Waals surface area contributed by atoms with Crippen molar-refractivity contribution in [2.24, 2.45) is 17.3 Å². The van der Waals surface area contributed by atoms with Crippen molar-refractivity contribution in [2.75, 3.05) is 0 Å². The smallest absolute Gasteiger partial charge is 0.311 e. The standard InChI is InChI=1S/C29H44O3/c1-3-4-5-6-7-8-9-10-11-28(31)32-22-13-15-23-21(20-22)12-14-25-24(23)18-19-29(2)26(25)16-17-27(29)30/h13,15,20,24-27,30H,3-12,14,16-19H2,1-2H3/t24-,25-,26+,27+,29+/m1/s1. The lowest BCUT2D eigenvalue weighted by molar-refractivity contribution is -0.134. The summed E-state index contributed by atoms with van der Waals surface area (Å²) in [5.74, 6) is 2.62. The Hall–Kier alpha value is -1.35. The summed E-state index contributed by atoms with van der Waals surface area (Å²) in [6, 6.07) is 6.39. The van der Waals surface area contributed by atoms with E-state index in [-0.39, 0.29) is 17.5 Å². The van der Waals surface area contributed by atoms with Gasteiger partial charge in [0, 0.05) is 6.42 Å². The van der Waals surface area contributed by atoms with E-state index < -0.39 is 0 Å². The maximum Gasteiger partial charge on any atom is 0.311 e. The zero-order chi connectivity index (χ0) is 22.6. The highest BCUT2D eigenvalue weighted by Gasteiger charge is 2.54. The van der Waals surface area contributed by atoms with Crippen molar-refractivity contribution >= 4 is 5.97 Å². The lowest BCUT2D eigenvalue weighted by Crippen LogP contribution is -2.43. The summed E-state index contributed by atoms with van der Waals surface area (Å²) in [5.41, 5.74) is 2.99. The number of carbonyl (C=O) groups excluding carboxylic acids is 1. The monoisotopic (exact) mass is 440 g/mol. The maximum atomic E-state index is 12.3. The first-order valence-corrected chi connectivity index (χ1v) is 13.5. The van der Waals surface area contributed by atoms with Crippen LogP contribution < -0.4 is 4.74 Å². The van der Waals surface area contributed by atoms with E-state index in [0.717, 1.165) is 37.9 Å². The average Bonchev–Trinajstić information content (AvgIpc) is 3.10. The number of rotatable bonds is 10. The fourth-order valence-electron chi connectivity index (χ4n) is 7.18. The SMILES string of the molecule is CCCCCCCCCCC(=O)Oc1ccc2c(c1)CC[C@@H]1[C@@H]2CC[C@]2(C)[C@@H](O)CC[C@@H]12. The number of aliphatic hydroxyl groups is 1. The summed E-state index contributed by atoms with van der Waals surface area (Å²) < 4.78 is 5.70. The van der Waals surface area contributed by atoms with Crippen molar-refractivity contribution in [2.45, 2.75) is 122 Å². The van der Waals surface area contributed by atoms with Crippen LogP contribution in [0.15, 0.2) is 18.2 Å². The summed E-state index contributed by atoms with van der Waals surface area (Å²) in [7, 11) is 0. The highest BCUT2D eigenvalue weighted by molar-refractivity contribution is 5.72. The number of unbranched alkanes of at least 4 members (excludes halogenated alkanes) is 7. The minimum absolute atomic E-state index is 0.0852. The average molecular weight is 441 g/mol. The first kappa shape index (κ1) is 23.8. The second-order valence-corrected chi connectivity index (χ2v) is 11.1. The van der Waals surface area contributed by atoms with Crippen molar-refractivity contribution in [3.8, 4) is 5.75 Å². The molecular weight excluding hydrogens is 396 g/mol. The molecule has 3 nitrogen and oxygen atoms in total. The lowest BCUT2D eigenvalue weighted by Gasteiger charge is -2.50. The lowest BCUT2D eigenvalue weighted by atomic mass is 9.55. The van der Waals surface area contributed by atoms with Gasteiger partial charge in [-0.1, -0.05) is 64.9 Å². The Morgan fingerprint density at radius 3 is 2.56 bits per heavy atom. The Bertz CT molecular complexity index is 772. The Morgan fingerprint density at radius 2 is 1.78 bits per heavy atom. The molecular formula is C29H44O3. The fourth-order valence-corrected chi connectivity index (χ4v) is 7.18. The number of aryl methyl sites for hydroxylation is 1. The molecule has 32 heavy (non-hydrogen) atoms. The maximum absolute atomic E-state index is 12.3. The molecule has 3 aliphatic carbocycles. The third-order valence-corrected chi connectivity index (χ3v) is 9.11. The molecule has 1 aromatic rings. The van der Waals surface area contributed by atoms with E-state index in [4.69, 9.17) is 4.74 Å². The molecule has 2 fully saturated rings. The van der Waals surface area contributed by atoms with Gasteiger partial charge in [-0.25, -0.2) is 0 Å². The van der Waals surface area contributed by atoms with Gasteiger partial charge in [-0.15, -0.1) is 0 Å². The highest BCUT2D eigenvalue weighted by atomic mass is 16.5. The number of carbonyl (C=O) groups is 1. The zero-order valence-electron chi connectivity index (χ0n) is 20.4. The quantitative estimate of drug-likeness (QED) is 0.235. The summed E-state index contributed by atoms with van der Waals surface area (Å²) >= 11 is 0. The molecule has 0 unspecified atom stereocenters. The number of hydrogen-bond acceptors (Lipinski definition) is 3. The van der Waals surface area contributed by atoms with Gasteiger partial charge < -0.3 is 9.84 Å². The predicted molar refractivity (Wildman–Crippen MR) is 130 cm³/mol. The zero-order valence-corrected chi connectivity index (χ0v) is 20.4. The van der Waals surface area contributed by atoms with Crippen LogP contribution in [0, 0.1) is 17.3 Å². The molecule has 0 heterocycles. The van der Waals surface area contributed by atoms with Gasteiger partial charge in [0.15, 0.2) is 0 Å². The molecule has 3 heteroatoms. The van der Waals surface area contributed by atoms with Crippen LogP contribution in [-0.2, 0) is 11.2 Å². The van der Waals surface area contributed by atoms with Crippen LogP contribution in [0.25, 0.3) is 0 Å². The third-order valence-electron chi connectivity index (χ3n) is 9.11. The van der Waals surface area contributed by atoms with E-state index in [9.17, 15) is 9.90 Å². The Kier molecular flexibility index (Phi) is 7.97. The minimum atomic E-state index is -0.113. The van der Waals surface area contributed by atoms with Crippen LogP contribution in [0.5, 0.6) is 5.75 Å². The molecule has 3 aliphatic rings. The van der Waals surface area contributed by atoms with Crippen LogP contribution >= 0.6 is 0 Å². The molecule has 0 spiro atoms. The molecule has 5 atom stereocenters. The Labute approximate surface area is 195 Å². The van der Waals surface area contributed by atoms with E-state index in [1.165, 1.54) is 68.9 Å². The minimum Gasteiger partial charge on any atom is -0.427 e. The molecule has 4 rings (SSSR count). The Morgan fingerprint density at radius 1 is 1.03 bits per heavy atom. The molecule has 0 amide bonds. The van der Waals surface area contributed by atoms with Gasteiger partial charge in [0.25, 0.3) is 0 Å². The van der Waals surface area contributed by atoms with Crippen molar-refractivity contribution in [1.82, 2.24) is 0 Å². The van der Waals surface area contributed by atoms with Crippen molar-refractivity contribution in [3.05, 3.63) is 29.3 Å². The van der Waals surface area contributed by atoms with Crippen LogP contribution in [0.4, 0.5) is 0 Å². The fraction of sp³-hybridized carbons (Fsp3) is 0.759. The second kappa shape index (κ2) is 10.7. The molecule has 0 aromatic heterocycles. The van der Waals surface area contributed by atoms with Crippen molar-refractivity contribution in [1.29, 1.82) is 0 Å². The van der Waals surface area contributed by atoms with Gasteiger partial charge in [-0.3, -0.25) is 4.79 Å². The summed E-state index contributed by atoms with van der Waals surface area (Å²) in [6.07, 6.45) is 17.1. The van der Waals surface area contributed by atoms with Crippen LogP contribution in [0.3, 0.4) is 0 Å². The highest BCUT2D eigenvalue weighted by Crippen LogP contribution is 2.60. The van der Waals surface area contributed by atoms with Crippen LogP contribution in [0.2, 0.25) is 0 Å². The largest absolute Gasteiger partial charge is 0.427 e. The number of aliphatic hydroxyl groups excluding tert-OH is 1. The first-order valence-electron chi connectivity index (χ1n) is 13.5. The topological polar surface area (TPSA) is 46.5 Å². The van der Waals surface area contributed by atoms with Gasteiger partial charge in [-0.2, -0.15) is 0 Å². The van der Waals surface area contributed by atoms with Gasteiger partial charge in [0.2, 0.25) is 0 Å². The van der Waals surface area contributed by atoms with Crippen LogP contribution in [-0.4, -0.2) is 17.2 Å². The van der Waals surface area contributed by atoms with E-state index in [0.29, 0.717) is 24.2 Å². The molecule has 0 radical (unpaired) electrons. The number of hydrogen-bond donors (Lipinski definition) is 1. The third kappa shape index (κ3) is 5.08. The van der Waals surface area contributed by atoms with E-state index >= 15 is 0 Å². The molecule has 1 aromatic carbocycles. The number of esters is 1. The van der Waals surface area contributed by atoms with E-state index in [1.807, 2.05) is 6.07 Å².